The highest BCUT2D eigenvalue weighted by molar-refractivity contribution is 5.28. The summed E-state index contributed by atoms with van der Waals surface area (Å²) < 4.78 is 5.86. The summed E-state index contributed by atoms with van der Waals surface area (Å²) in [7, 11) is 2.12. The van der Waals surface area contributed by atoms with Crippen molar-refractivity contribution in [1.82, 2.24) is 10.2 Å². The van der Waals surface area contributed by atoms with Crippen LogP contribution in [0.5, 0.6) is 5.75 Å². The first kappa shape index (κ1) is 22.5. The minimum atomic E-state index is -0.541. The highest BCUT2D eigenvalue weighted by atomic mass is 16.5. The summed E-state index contributed by atoms with van der Waals surface area (Å²) in [5.41, 5.74) is 0.594. The second-order valence-corrected chi connectivity index (χ2v) is 9.23. The molecular formula is C24H40N2O3. The van der Waals surface area contributed by atoms with Gasteiger partial charge in [-0.2, -0.15) is 0 Å². The average Bonchev–Trinajstić information content (AvgIpc) is 2.73. The summed E-state index contributed by atoms with van der Waals surface area (Å²) in [6, 6.07) is 8.62. The summed E-state index contributed by atoms with van der Waals surface area (Å²) >= 11 is 0. The van der Waals surface area contributed by atoms with Gasteiger partial charge in [0.2, 0.25) is 0 Å². The molecule has 2 aliphatic rings. The third kappa shape index (κ3) is 7.56. The molecule has 0 saturated heterocycles. The Labute approximate surface area is 176 Å². The van der Waals surface area contributed by atoms with E-state index < -0.39 is 11.7 Å². The van der Waals surface area contributed by atoms with E-state index in [-0.39, 0.29) is 0 Å². The minimum absolute atomic E-state index is 0.313. The van der Waals surface area contributed by atoms with Crippen molar-refractivity contribution in [3.63, 3.8) is 0 Å². The Bertz CT molecular complexity index is 598. The normalized spacial score (nSPS) is 21.2. The van der Waals surface area contributed by atoms with E-state index >= 15 is 0 Å². The van der Waals surface area contributed by atoms with Crippen LogP contribution < -0.4 is 10.1 Å². The Morgan fingerprint density at radius 3 is 2.62 bits per heavy atom. The van der Waals surface area contributed by atoms with E-state index in [4.69, 9.17) is 4.74 Å². The van der Waals surface area contributed by atoms with Gasteiger partial charge in [-0.25, -0.2) is 0 Å². The molecule has 3 N–H and O–H groups in total. The molecule has 0 heterocycles. The van der Waals surface area contributed by atoms with Gasteiger partial charge in [0.1, 0.15) is 18.5 Å². The van der Waals surface area contributed by atoms with Gasteiger partial charge in [-0.05, 0) is 50.4 Å². The Balaban J connectivity index is 1.38. The van der Waals surface area contributed by atoms with Gasteiger partial charge >= 0.3 is 0 Å². The van der Waals surface area contributed by atoms with E-state index in [1.165, 1.54) is 38.5 Å². The van der Waals surface area contributed by atoms with Crippen molar-refractivity contribution in [2.45, 2.75) is 88.5 Å². The molecule has 0 aromatic heterocycles. The Morgan fingerprint density at radius 2 is 1.86 bits per heavy atom. The molecule has 1 atom stereocenters. The third-order valence-corrected chi connectivity index (χ3v) is 6.61. The average molecular weight is 405 g/mol. The van der Waals surface area contributed by atoms with E-state index in [9.17, 15) is 10.2 Å². The lowest BCUT2D eigenvalue weighted by molar-refractivity contribution is 0.00467. The highest BCUT2D eigenvalue weighted by Gasteiger charge is 2.28. The van der Waals surface area contributed by atoms with Gasteiger partial charge in [0.05, 0.1) is 5.60 Å². The Morgan fingerprint density at radius 1 is 1.14 bits per heavy atom. The van der Waals surface area contributed by atoms with Gasteiger partial charge in [0, 0.05) is 25.7 Å². The largest absolute Gasteiger partial charge is 0.491 e. The van der Waals surface area contributed by atoms with Crippen LogP contribution in [0.15, 0.2) is 24.3 Å². The smallest absolute Gasteiger partial charge is 0.119 e. The van der Waals surface area contributed by atoms with Crippen LogP contribution in [0.25, 0.3) is 0 Å². The van der Waals surface area contributed by atoms with Gasteiger partial charge in [0.15, 0.2) is 0 Å². The number of rotatable bonds is 10. The Kier molecular flexibility index (Phi) is 8.79. The maximum Gasteiger partial charge on any atom is 0.119 e. The van der Waals surface area contributed by atoms with Crippen molar-refractivity contribution < 1.29 is 14.9 Å². The van der Waals surface area contributed by atoms with Crippen molar-refractivity contribution in [3.8, 4) is 5.75 Å². The quantitative estimate of drug-likeness (QED) is 0.557. The predicted octanol–water partition coefficient (Wildman–Crippen LogP) is 3.48. The molecule has 0 amide bonds. The SMILES string of the molecule is CN(CC(O)COc1cccc(CNCC2(O)CCCCC2)c1)C1CCCCC1. The maximum atomic E-state index is 10.6. The van der Waals surface area contributed by atoms with Gasteiger partial charge in [-0.3, -0.25) is 0 Å². The van der Waals surface area contributed by atoms with Crippen LogP contribution in [0.1, 0.15) is 69.8 Å². The van der Waals surface area contributed by atoms with Crippen LogP contribution in [0, 0.1) is 0 Å². The monoisotopic (exact) mass is 404 g/mol. The number of nitrogens with zero attached hydrogens (tertiary/aromatic N) is 1. The Hall–Kier alpha value is -1.14. The topological polar surface area (TPSA) is 65.0 Å². The van der Waals surface area contributed by atoms with Crippen LogP contribution in [-0.2, 0) is 6.54 Å². The van der Waals surface area contributed by atoms with Gasteiger partial charge in [-0.15, -0.1) is 0 Å². The van der Waals surface area contributed by atoms with Crippen molar-refractivity contribution in [2.75, 3.05) is 26.7 Å². The fraction of sp³-hybridized carbons (Fsp3) is 0.750. The number of likely N-dealkylation sites (N-methyl/N-ethyl adjacent to an activating group) is 1. The standard InChI is InChI=1S/C24H40N2O3/c1-26(21-10-4-2-5-11-21)17-22(27)18-29-23-12-8-9-20(15-23)16-25-19-24(28)13-6-3-7-14-24/h8-9,12,15,21-22,25,27-28H,2-7,10-11,13-14,16-19H2,1H3. The molecule has 1 aromatic carbocycles. The zero-order valence-corrected chi connectivity index (χ0v) is 18.1. The molecule has 2 aliphatic carbocycles. The van der Waals surface area contributed by atoms with E-state index in [2.05, 4.69) is 23.3 Å². The summed E-state index contributed by atoms with van der Waals surface area (Å²) in [6.07, 6.45) is 11.3. The molecule has 3 rings (SSSR count). The van der Waals surface area contributed by atoms with Crippen molar-refractivity contribution in [1.29, 1.82) is 0 Å². The second-order valence-electron chi connectivity index (χ2n) is 9.23. The number of aliphatic hydroxyl groups excluding tert-OH is 1. The number of hydrogen-bond acceptors (Lipinski definition) is 5. The van der Waals surface area contributed by atoms with E-state index in [0.717, 1.165) is 37.0 Å². The summed E-state index contributed by atoms with van der Waals surface area (Å²) in [5, 5.41) is 24.4. The lowest BCUT2D eigenvalue weighted by Gasteiger charge is -2.32. The number of nitrogens with one attached hydrogen (secondary N) is 1. The number of hydrogen-bond donors (Lipinski definition) is 3. The first-order valence-corrected chi connectivity index (χ1v) is 11.6. The number of benzene rings is 1. The lowest BCUT2D eigenvalue weighted by atomic mass is 9.85. The zero-order valence-electron chi connectivity index (χ0n) is 18.1. The van der Waals surface area contributed by atoms with E-state index in [1.54, 1.807) is 0 Å². The second kappa shape index (κ2) is 11.3. The van der Waals surface area contributed by atoms with E-state index in [1.807, 2.05) is 18.2 Å². The van der Waals surface area contributed by atoms with Gasteiger partial charge in [-0.1, -0.05) is 50.7 Å². The molecule has 0 spiro atoms. The molecule has 0 radical (unpaired) electrons. The maximum absolute atomic E-state index is 10.6. The van der Waals surface area contributed by atoms with Crippen LogP contribution in [0.4, 0.5) is 0 Å². The molecule has 2 saturated carbocycles. The first-order valence-electron chi connectivity index (χ1n) is 11.6. The molecule has 0 bridgehead atoms. The highest BCUT2D eigenvalue weighted by Crippen LogP contribution is 2.27. The van der Waals surface area contributed by atoms with Crippen LogP contribution in [-0.4, -0.2) is 59.6 Å². The van der Waals surface area contributed by atoms with Crippen molar-refractivity contribution in [3.05, 3.63) is 29.8 Å². The fourth-order valence-electron chi connectivity index (χ4n) is 4.82. The van der Waals surface area contributed by atoms with E-state index in [0.29, 0.717) is 32.3 Å². The zero-order chi connectivity index (χ0) is 20.5. The van der Waals surface area contributed by atoms with Crippen molar-refractivity contribution >= 4 is 0 Å². The number of aliphatic hydroxyl groups is 2. The third-order valence-electron chi connectivity index (χ3n) is 6.61. The molecule has 5 nitrogen and oxygen atoms in total. The molecule has 1 unspecified atom stereocenters. The van der Waals surface area contributed by atoms with Gasteiger partial charge in [0.25, 0.3) is 0 Å². The predicted molar refractivity (Wildman–Crippen MR) is 117 cm³/mol. The number of ether oxygens (including phenoxy) is 1. The summed E-state index contributed by atoms with van der Waals surface area (Å²) in [6.45, 7) is 2.33. The first-order chi connectivity index (χ1) is 14.0. The molecule has 5 heteroatoms. The molecule has 2 fully saturated rings. The van der Waals surface area contributed by atoms with Crippen LogP contribution in [0.3, 0.4) is 0 Å². The lowest BCUT2D eigenvalue weighted by Crippen LogP contribution is -2.41. The molecule has 1 aromatic rings. The molecule has 164 valence electrons. The molecular weight excluding hydrogens is 364 g/mol. The van der Waals surface area contributed by atoms with Crippen LogP contribution >= 0.6 is 0 Å². The summed E-state index contributed by atoms with van der Waals surface area (Å²) in [5.74, 6) is 0.792. The fourth-order valence-corrected chi connectivity index (χ4v) is 4.82. The minimum Gasteiger partial charge on any atom is -0.491 e. The molecule has 0 aliphatic heterocycles. The van der Waals surface area contributed by atoms with Crippen molar-refractivity contribution in [2.24, 2.45) is 0 Å². The van der Waals surface area contributed by atoms with Crippen LogP contribution in [0.2, 0.25) is 0 Å². The molecule has 29 heavy (non-hydrogen) atoms. The summed E-state index contributed by atoms with van der Waals surface area (Å²) in [4.78, 5) is 2.30. The van der Waals surface area contributed by atoms with Gasteiger partial charge < -0.3 is 25.2 Å².